The molecular weight excluding hydrogens is 356 g/mol. The standard InChI is InChI=1S/C15H20O11/c1-6(16)22-11-10(12(14(20)21-5)23-7(2)17)26-15(25-9(4)19)13(11)24-8(3)18/h10-13,15H,1-5H3/t10-,11+,12+,13-,15?/m1/s1. The molecular formula is C15H20O11. The van der Waals surface area contributed by atoms with Gasteiger partial charge in [0, 0.05) is 27.7 Å². The van der Waals surface area contributed by atoms with Gasteiger partial charge in [-0.3, -0.25) is 19.2 Å². The first-order chi connectivity index (χ1) is 12.1. The lowest BCUT2D eigenvalue weighted by atomic mass is 10.1. The fourth-order valence-corrected chi connectivity index (χ4v) is 2.34. The zero-order chi connectivity index (χ0) is 20.0. The third-order valence-electron chi connectivity index (χ3n) is 3.12. The third kappa shape index (κ3) is 5.69. The lowest BCUT2D eigenvalue weighted by molar-refractivity contribution is -0.204. The summed E-state index contributed by atoms with van der Waals surface area (Å²) in [5, 5.41) is 0. The van der Waals surface area contributed by atoms with Crippen molar-refractivity contribution in [2.45, 2.75) is 58.4 Å². The first-order valence-electron chi connectivity index (χ1n) is 7.49. The maximum atomic E-state index is 12.0. The highest BCUT2D eigenvalue weighted by Crippen LogP contribution is 2.31. The van der Waals surface area contributed by atoms with E-state index in [-0.39, 0.29) is 0 Å². The maximum Gasteiger partial charge on any atom is 0.350 e. The van der Waals surface area contributed by atoms with Crippen molar-refractivity contribution < 1.29 is 52.4 Å². The Labute approximate surface area is 148 Å². The van der Waals surface area contributed by atoms with Crippen LogP contribution < -0.4 is 0 Å². The highest BCUT2D eigenvalue weighted by molar-refractivity contribution is 5.79. The quantitative estimate of drug-likeness (QED) is 0.426. The highest BCUT2D eigenvalue weighted by atomic mass is 16.8. The Balaban J connectivity index is 3.28. The molecule has 5 atom stereocenters. The van der Waals surface area contributed by atoms with Crippen LogP contribution in [0.5, 0.6) is 0 Å². The summed E-state index contributed by atoms with van der Waals surface area (Å²) in [6, 6.07) is 0. The third-order valence-corrected chi connectivity index (χ3v) is 3.12. The Morgan fingerprint density at radius 2 is 1.27 bits per heavy atom. The second kappa shape index (κ2) is 9.13. The molecule has 1 aliphatic rings. The van der Waals surface area contributed by atoms with Crippen molar-refractivity contribution in [2.24, 2.45) is 0 Å². The maximum absolute atomic E-state index is 12.0. The molecule has 0 aromatic heterocycles. The van der Waals surface area contributed by atoms with Crippen molar-refractivity contribution in [3.8, 4) is 0 Å². The van der Waals surface area contributed by atoms with E-state index in [4.69, 9.17) is 23.7 Å². The average Bonchev–Trinajstić information content (AvgIpc) is 2.80. The van der Waals surface area contributed by atoms with Crippen molar-refractivity contribution in [3.05, 3.63) is 0 Å². The molecule has 0 saturated carbocycles. The second-order valence-electron chi connectivity index (χ2n) is 5.28. The summed E-state index contributed by atoms with van der Waals surface area (Å²) in [6.07, 6.45) is -7.37. The number of hydrogen-bond acceptors (Lipinski definition) is 11. The zero-order valence-corrected chi connectivity index (χ0v) is 14.9. The van der Waals surface area contributed by atoms with E-state index in [1.165, 1.54) is 0 Å². The summed E-state index contributed by atoms with van der Waals surface area (Å²) in [7, 11) is 1.04. The van der Waals surface area contributed by atoms with Crippen LogP contribution in [0.2, 0.25) is 0 Å². The van der Waals surface area contributed by atoms with Crippen LogP contribution in [0, 0.1) is 0 Å². The summed E-state index contributed by atoms with van der Waals surface area (Å²) in [4.78, 5) is 57.4. The first-order valence-corrected chi connectivity index (χ1v) is 7.49. The minimum Gasteiger partial charge on any atom is -0.466 e. The van der Waals surface area contributed by atoms with Gasteiger partial charge >= 0.3 is 29.8 Å². The van der Waals surface area contributed by atoms with E-state index in [0.29, 0.717) is 0 Å². The summed E-state index contributed by atoms with van der Waals surface area (Å²) < 4.78 is 29.9. The molecule has 1 aliphatic heterocycles. The van der Waals surface area contributed by atoms with Gasteiger partial charge in [-0.2, -0.15) is 0 Å². The van der Waals surface area contributed by atoms with Crippen LogP contribution in [0.1, 0.15) is 27.7 Å². The lowest BCUT2D eigenvalue weighted by Gasteiger charge is -2.26. The molecule has 0 aromatic carbocycles. The molecule has 1 fully saturated rings. The predicted octanol–water partition coefficient (Wildman–Crippen LogP) is -0.757. The Morgan fingerprint density at radius 3 is 1.69 bits per heavy atom. The Hall–Kier alpha value is -2.69. The first kappa shape index (κ1) is 21.4. The summed E-state index contributed by atoms with van der Waals surface area (Å²) in [6.45, 7) is 4.26. The van der Waals surface area contributed by atoms with Gasteiger partial charge in [0.05, 0.1) is 7.11 Å². The van der Waals surface area contributed by atoms with E-state index in [1.807, 2.05) is 0 Å². The van der Waals surface area contributed by atoms with Crippen LogP contribution >= 0.6 is 0 Å². The SMILES string of the molecule is COC(=O)[C@@H](OC(C)=O)[C@@H]1OC(OC(C)=O)[C@H](OC(C)=O)[C@H]1OC(C)=O. The van der Waals surface area contributed by atoms with Gasteiger partial charge in [-0.05, 0) is 0 Å². The average molecular weight is 376 g/mol. The van der Waals surface area contributed by atoms with Crippen LogP contribution in [0.25, 0.3) is 0 Å². The van der Waals surface area contributed by atoms with E-state index in [0.717, 1.165) is 34.8 Å². The van der Waals surface area contributed by atoms with Gasteiger partial charge in [0.1, 0.15) is 0 Å². The molecule has 0 aromatic rings. The number of rotatable bonds is 6. The fraction of sp³-hybridized carbons (Fsp3) is 0.667. The molecule has 0 N–H and O–H groups in total. The molecule has 0 spiro atoms. The number of carbonyl (C=O) groups is 5. The molecule has 146 valence electrons. The zero-order valence-electron chi connectivity index (χ0n) is 14.9. The van der Waals surface area contributed by atoms with E-state index >= 15 is 0 Å². The topological polar surface area (TPSA) is 141 Å². The van der Waals surface area contributed by atoms with Crippen LogP contribution in [-0.4, -0.2) is 67.7 Å². The van der Waals surface area contributed by atoms with E-state index in [1.54, 1.807) is 0 Å². The second-order valence-corrected chi connectivity index (χ2v) is 5.28. The number of methoxy groups -OCH3 is 1. The number of esters is 5. The number of carbonyl (C=O) groups excluding carboxylic acids is 5. The monoisotopic (exact) mass is 376 g/mol. The van der Waals surface area contributed by atoms with Crippen LogP contribution in [0.4, 0.5) is 0 Å². The van der Waals surface area contributed by atoms with Gasteiger partial charge in [-0.15, -0.1) is 0 Å². The minimum absolute atomic E-state index is 0.781. The summed E-state index contributed by atoms with van der Waals surface area (Å²) in [5.74, 6) is -4.21. The Morgan fingerprint density at radius 1 is 0.769 bits per heavy atom. The molecule has 0 amide bonds. The largest absolute Gasteiger partial charge is 0.466 e. The Kier molecular flexibility index (Phi) is 7.50. The number of ether oxygens (including phenoxy) is 6. The van der Waals surface area contributed by atoms with Crippen molar-refractivity contribution in [3.63, 3.8) is 0 Å². The smallest absolute Gasteiger partial charge is 0.350 e. The van der Waals surface area contributed by atoms with Crippen LogP contribution in [-0.2, 0) is 52.4 Å². The lowest BCUT2D eigenvalue weighted by Crippen LogP contribution is -2.48. The molecule has 0 radical (unpaired) electrons. The molecule has 11 heteroatoms. The molecule has 1 heterocycles. The summed E-state index contributed by atoms with van der Waals surface area (Å²) >= 11 is 0. The minimum atomic E-state index is -1.65. The van der Waals surface area contributed by atoms with Crippen molar-refractivity contribution in [1.82, 2.24) is 0 Å². The highest BCUT2D eigenvalue weighted by Gasteiger charge is 2.56. The van der Waals surface area contributed by atoms with E-state index in [2.05, 4.69) is 4.74 Å². The molecule has 1 rings (SSSR count). The number of hydrogen-bond donors (Lipinski definition) is 0. The molecule has 1 unspecified atom stereocenters. The van der Waals surface area contributed by atoms with Gasteiger partial charge in [0.25, 0.3) is 0 Å². The van der Waals surface area contributed by atoms with E-state index in [9.17, 15) is 24.0 Å². The normalized spacial score (nSPS) is 25.6. The van der Waals surface area contributed by atoms with E-state index < -0.39 is 60.6 Å². The molecule has 26 heavy (non-hydrogen) atoms. The van der Waals surface area contributed by atoms with Crippen molar-refractivity contribution in [2.75, 3.05) is 7.11 Å². The van der Waals surface area contributed by atoms with Gasteiger partial charge in [-0.25, -0.2) is 4.79 Å². The summed E-state index contributed by atoms with van der Waals surface area (Å²) in [5.41, 5.74) is 0. The van der Waals surface area contributed by atoms with Gasteiger partial charge in [-0.1, -0.05) is 0 Å². The Bertz CT molecular complexity index is 584. The van der Waals surface area contributed by atoms with Gasteiger partial charge in [0.15, 0.2) is 12.2 Å². The predicted molar refractivity (Wildman–Crippen MR) is 79.1 cm³/mol. The molecule has 0 bridgehead atoms. The van der Waals surface area contributed by atoms with Crippen molar-refractivity contribution in [1.29, 1.82) is 0 Å². The van der Waals surface area contributed by atoms with Crippen LogP contribution in [0.3, 0.4) is 0 Å². The molecule has 0 aliphatic carbocycles. The van der Waals surface area contributed by atoms with Crippen molar-refractivity contribution >= 4 is 29.8 Å². The molecule has 1 saturated heterocycles. The van der Waals surface area contributed by atoms with Gasteiger partial charge in [0.2, 0.25) is 18.5 Å². The van der Waals surface area contributed by atoms with Gasteiger partial charge < -0.3 is 28.4 Å². The fourth-order valence-electron chi connectivity index (χ4n) is 2.34. The van der Waals surface area contributed by atoms with Crippen LogP contribution in [0.15, 0.2) is 0 Å². The molecule has 11 nitrogen and oxygen atoms in total.